The Morgan fingerprint density at radius 1 is 0.500 bits per heavy atom. The third-order valence-corrected chi connectivity index (χ3v) is 23.4. The van der Waals surface area contributed by atoms with Crippen LogP contribution >= 0.6 is 76.1 Å². The van der Waals surface area contributed by atoms with Crippen molar-refractivity contribution in [2.45, 2.75) is 256 Å². The highest BCUT2D eigenvalue weighted by Gasteiger charge is 2.43. The molecule has 0 bridgehead atoms. The monoisotopic (exact) mass is 1910 g/mol. The molecule has 10 aromatic heterocycles. The Kier molecular flexibility index (Phi) is 27.7. The van der Waals surface area contributed by atoms with Crippen molar-refractivity contribution in [1.82, 2.24) is 120 Å². The van der Waals surface area contributed by atoms with E-state index < -0.39 is 0 Å². The van der Waals surface area contributed by atoms with Crippen LogP contribution in [0.15, 0.2) is 130 Å². The molecule has 12 aromatic rings. The number of nitrogen functional groups attached to an aromatic ring is 2. The fraction of sp³-hybridized carbons (Fsp3) is 0.512. The fourth-order valence-corrected chi connectivity index (χ4v) is 19.5. The lowest BCUT2D eigenvalue weighted by molar-refractivity contribution is -0.0394. The molecule has 2 aromatic carbocycles. The molecule has 0 amide bonds. The summed E-state index contributed by atoms with van der Waals surface area (Å²) in [4.78, 5) is 57.8. The Morgan fingerprint density at radius 2 is 0.950 bits per heavy atom. The maximum absolute atomic E-state index is 10.6. The van der Waals surface area contributed by atoms with Gasteiger partial charge in [0.2, 0.25) is 0 Å². The molecule has 31 nitrogen and oxygen atoms in total. The van der Waals surface area contributed by atoms with Gasteiger partial charge in [0, 0.05) is 117 Å². The number of anilines is 3. The van der Waals surface area contributed by atoms with Crippen molar-refractivity contribution in [3.63, 3.8) is 0 Å². The second-order valence-electron chi connectivity index (χ2n) is 36.9. The molecular weight excluding hydrogens is 1810 g/mol. The average Bonchev–Trinajstić information content (AvgIpc) is 1.58. The van der Waals surface area contributed by atoms with Gasteiger partial charge in [0.25, 0.3) is 0 Å². The second-order valence-corrected chi connectivity index (χ2v) is 40.1. The zero-order valence-electron chi connectivity index (χ0n) is 71.2. The summed E-state index contributed by atoms with van der Waals surface area (Å²) in [7, 11) is 1.61. The summed E-state index contributed by atoms with van der Waals surface area (Å²) in [6.07, 6.45) is 32.9. The minimum Gasteiger partial charge on any atom is -0.507 e. The van der Waals surface area contributed by atoms with Gasteiger partial charge in [-0.1, -0.05) is 12.1 Å². The SMILES string of the molecule is CC1(C)CC(Nc2ncc(Br)nc2N)CC(C)(C)N1.CC1(C)CC(n2cnc3nc(-c4ccc(-c5cn[nH]c5)cc4O)cnc32)CC(C)(C)N1.CC1(C)CC(n2cnc3nc(Br)cnc32)CC(C)(C)N1.COCOc1cc(-c2cnn(C3CCCCO3)c2)ccc1-c1cnc2c(ncn2C2CC(C)(C)NC(C)(C)C2)n1.Cl.Nc1nc(Br)cnc1Br. The van der Waals surface area contributed by atoms with Crippen molar-refractivity contribution in [1.29, 1.82) is 0 Å². The lowest BCUT2D eigenvalue weighted by Gasteiger charge is -2.46. The number of phenols is 1. The third kappa shape index (κ3) is 22.9. The summed E-state index contributed by atoms with van der Waals surface area (Å²) in [5, 5.41) is 40.2. The van der Waals surface area contributed by atoms with Gasteiger partial charge < -0.3 is 71.1 Å². The number of halogens is 5. The van der Waals surface area contributed by atoms with Crippen molar-refractivity contribution in [2.75, 3.05) is 37.3 Å². The van der Waals surface area contributed by atoms with E-state index in [1.165, 1.54) is 0 Å². The van der Waals surface area contributed by atoms with Gasteiger partial charge in [0.1, 0.15) is 36.1 Å². The average molecular weight is 1920 g/mol. The van der Waals surface area contributed by atoms with Crippen molar-refractivity contribution in [3.8, 4) is 56.3 Å². The van der Waals surface area contributed by atoms with Gasteiger partial charge in [-0.2, -0.15) is 10.2 Å². The molecule has 1 unspecified atom stereocenters. The van der Waals surface area contributed by atoms with Crippen LogP contribution in [0.3, 0.4) is 0 Å². The number of hydrogen-bond acceptors (Lipinski definition) is 26. The number of hydrogen-bond donors (Lipinski definition) is 9. The smallest absolute Gasteiger partial charge is 0.198 e. The van der Waals surface area contributed by atoms with Crippen molar-refractivity contribution in [3.05, 3.63) is 130 Å². The Bertz CT molecular complexity index is 5460. The summed E-state index contributed by atoms with van der Waals surface area (Å²) in [5.74, 6) is 2.30. The molecule has 642 valence electrons. The first-order chi connectivity index (χ1) is 56.0. The number of ether oxygens (including phenoxy) is 3. The first-order valence-corrected chi connectivity index (χ1v) is 43.4. The van der Waals surface area contributed by atoms with Gasteiger partial charge in [-0.3, -0.25) is 5.10 Å². The highest BCUT2D eigenvalue weighted by molar-refractivity contribution is 9.11. The molecule has 120 heavy (non-hydrogen) atoms. The maximum Gasteiger partial charge on any atom is 0.198 e. The lowest BCUT2D eigenvalue weighted by atomic mass is 9.79. The second kappa shape index (κ2) is 36.6. The first kappa shape index (κ1) is 90.9. The van der Waals surface area contributed by atoms with E-state index >= 15 is 0 Å². The molecule has 5 aliphatic heterocycles. The van der Waals surface area contributed by atoms with Gasteiger partial charge >= 0.3 is 0 Å². The normalized spacial score (nSPS) is 19.7. The zero-order valence-corrected chi connectivity index (χ0v) is 78.4. The summed E-state index contributed by atoms with van der Waals surface area (Å²) >= 11 is 12.8. The predicted molar refractivity (Wildman–Crippen MR) is 486 cm³/mol. The highest BCUT2D eigenvalue weighted by atomic mass is 79.9. The molecule has 5 aliphatic rings. The summed E-state index contributed by atoms with van der Waals surface area (Å²) in [6.45, 7) is 36.8. The maximum atomic E-state index is 10.6. The van der Waals surface area contributed by atoms with Gasteiger partial charge in [0.05, 0.1) is 73.7 Å². The first-order valence-electron chi connectivity index (χ1n) is 40.2. The Hall–Kier alpha value is -8.36. The van der Waals surface area contributed by atoms with Crippen LogP contribution in [0.4, 0.5) is 17.5 Å². The number of nitrogens with zero attached hydrogens (tertiary/aromatic N) is 19. The molecule has 15 heterocycles. The summed E-state index contributed by atoms with van der Waals surface area (Å²) < 4.78 is 28.2. The number of rotatable bonds is 13. The topological polar surface area (TPSA) is 389 Å². The van der Waals surface area contributed by atoms with Crippen molar-refractivity contribution >= 4 is 127 Å². The molecule has 11 N–H and O–H groups in total. The van der Waals surface area contributed by atoms with Crippen LogP contribution in [0.1, 0.15) is 206 Å². The van der Waals surface area contributed by atoms with Crippen LogP contribution in [-0.2, 0) is 9.47 Å². The van der Waals surface area contributed by atoms with Crippen LogP contribution in [0, 0.1) is 0 Å². The number of aromatic amines is 1. The summed E-state index contributed by atoms with van der Waals surface area (Å²) in [6, 6.07) is 12.9. The molecule has 0 saturated carbocycles. The standard InChI is InChI=1S/C30H39N7O3.C23H27N7O.C14H20BrN5.C13H22BrN5.C4H3Br2N3.ClH/c1-29(2)13-22(14-30(3,4)35-29)36-18-32-27-28(36)31-16-24(34-27)23-10-9-20(12-25(23)40-19-38-5)21-15-33-37(17-21)26-8-6-7-11-39-26;1-22(2)8-16(9-23(3,4)29-22)30-13-25-20-21(30)24-12-18(28-20)17-6-5-14(7-19(17)31)15-10-26-27-11-15;1-13(2)5-9(6-14(3,4)19-13)20-8-17-11-12(20)16-7-10(15)18-11;1-12(2)5-8(6-13(3,4)19-12)17-11-10(15)18-9(14)7-16-11;5-2-1-8-3(6)4(7)9-2;/h9-10,12,15-18,22,26,35H,6-8,11,13-14,19H2,1-5H3;5-7,10-13,16,29,31H,8-9H2,1-4H3,(H,26,27);7-9,19H,5-6H2,1-4H3;7-8,19H,5-6H2,1-4H3,(H2,15,18)(H,16,17);1H,(H2,7,9);1H. The number of imidazole rings is 3. The third-order valence-electron chi connectivity index (χ3n) is 21.6. The number of fused-ring (bicyclic) bond motifs is 3. The van der Waals surface area contributed by atoms with E-state index in [1.54, 1.807) is 50.4 Å². The van der Waals surface area contributed by atoms with E-state index in [9.17, 15) is 5.11 Å². The van der Waals surface area contributed by atoms with Crippen LogP contribution in [0.25, 0.3) is 78.7 Å². The Labute approximate surface area is 740 Å². The van der Waals surface area contributed by atoms with E-state index in [2.05, 4.69) is 281 Å². The molecular formula is C84H112Br4ClN27O4. The van der Waals surface area contributed by atoms with E-state index in [0.717, 1.165) is 127 Å². The number of phenolic OH excluding ortho intramolecular Hbond substituents is 1. The Morgan fingerprint density at radius 3 is 1.41 bits per heavy atom. The minimum atomic E-state index is -0.00481. The number of aromatic hydroxyl groups is 1. The van der Waals surface area contributed by atoms with E-state index in [-0.39, 0.29) is 81.5 Å². The quantitative estimate of drug-likeness (QED) is 0.0484. The van der Waals surface area contributed by atoms with Crippen molar-refractivity contribution < 1.29 is 19.3 Å². The largest absolute Gasteiger partial charge is 0.507 e. The number of methoxy groups -OCH3 is 1. The molecule has 1 atom stereocenters. The fourth-order valence-electron chi connectivity index (χ4n) is 18.4. The molecule has 36 heteroatoms. The number of nitrogens with two attached hydrogens (primary N) is 2. The highest BCUT2D eigenvalue weighted by Crippen LogP contribution is 2.43. The minimum absolute atomic E-state index is 0. The number of benzene rings is 2. The van der Waals surface area contributed by atoms with E-state index in [1.807, 2.05) is 66.5 Å². The van der Waals surface area contributed by atoms with Crippen LogP contribution in [-0.4, -0.2) is 174 Å². The molecule has 0 spiro atoms. The van der Waals surface area contributed by atoms with Crippen LogP contribution < -0.4 is 42.8 Å². The number of aromatic nitrogens is 20. The zero-order chi connectivity index (χ0) is 85.4. The van der Waals surface area contributed by atoms with Crippen molar-refractivity contribution in [2.24, 2.45) is 0 Å². The molecule has 0 radical (unpaired) electrons. The van der Waals surface area contributed by atoms with Gasteiger partial charge in [0.15, 0.2) is 58.1 Å². The van der Waals surface area contributed by atoms with Crippen LogP contribution in [0.5, 0.6) is 11.5 Å². The van der Waals surface area contributed by atoms with E-state index in [4.69, 9.17) is 45.6 Å². The Balaban J connectivity index is 0.000000147. The number of nitrogens with one attached hydrogen (secondary N) is 6. The van der Waals surface area contributed by atoms with Gasteiger partial charge in [-0.15, -0.1) is 12.4 Å². The van der Waals surface area contributed by atoms with E-state index in [0.29, 0.717) is 89.0 Å². The number of H-pyrrole nitrogens is 1. The van der Waals surface area contributed by atoms with Gasteiger partial charge in [-0.05, 0) is 281 Å². The molecule has 0 aliphatic carbocycles. The molecule has 5 saturated heterocycles. The van der Waals surface area contributed by atoms with Crippen LogP contribution in [0.2, 0.25) is 0 Å². The lowest BCUT2D eigenvalue weighted by Crippen LogP contribution is -2.60. The van der Waals surface area contributed by atoms with Gasteiger partial charge in [-0.25, -0.2) is 69.5 Å². The molecule has 5 fully saturated rings. The summed E-state index contributed by atoms with van der Waals surface area (Å²) in [5.41, 5.74) is 22.6. The predicted octanol–water partition coefficient (Wildman–Crippen LogP) is 17.2. The number of piperidine rings is 4. The molecule has 17 rings (SSSR count).